The van der Waals surface area contributed by atoms with Gasteiger partial charge in [-0.25, -0.2) is 14.3 Å². The van der Waals surface area contributed by atoms with Crippen LogP contribution in [-0.2, 0) is 11.2 Å². The van der Waals surface area contributed by atoms with E-state index in [0.29, 0.717) is 19.8 Å². The predicted molar refractivity (Wildman–Crippen MR) is 109 cm³/mol. The number of carbonyl (C=O) groups is 1. The number of aryl methyl sites for hydroxylation is 1. The highest BCUT2D eigenvalue weighted by molar-refractivity contribution is 7.09. The van der Waals surface area contributed by atoms with Crippen molar-refractivity contribution in [1.82, 2.24) is 19.9 Å². The summed E-state index contributed by atoms with van der Waals surface area (Å²) in [7, 11) is 1.52. The topological polar surface area (TPSA) is 81.5 Å². The molecule has 1 fully saturated rings. The number of benzene rings is 1. The predicted octanol–water partition coefficient (Wildman–Crippen LogP) is 2.53. The van der Waals surface area contributed by atoms with Crippen LogP contribution in [0.4, 0.5) is 10.5 Å². The molecule has 0 radical (unpaired) electrons. The summed E-state index contributed by atoms with van der Waals surface area (Å²) in [4.78, 5) is 23.8. The van der Waals surface area contributed by atoms with Crippen molar-refractivity contribution in [2.24, 2.45) is 0 Å². The fourth-order valence-corrected chi connectivity index (χ4v) is 3.95. The third-order valence-electron chi connectivity index (χ3n) is 4.70. The molecule has 3 aromatic rings. The normalized spacial score (nSPS) is 14.4. The molecule has 1 amide bonds. The van der Waals surface area contributed by atoms with Crippen LogP contribution in [0.2, 0.25) is 0 Å². The van der Waals surface area contributed by atoms with E-state index < -0.39 is 0 Å². The Bertz CT molecular complexity index is 935. The minimum absolute atomic E-state index is 0.238. The van der Waals surface area contributed by atoms with Gasteiger partial charge in [-0.15, -0.1) is 11.3 Å². The summed E-state index contributed by atoms with van der Waals surface area (Å²) in [6, 6.07) is 5.99. The number of amides is 1. The number of carbonyl (C=O) groups excluding carboxylic acids is 1. The lowest BCUT2D eigenvalue weighted by Gasteiger charge is -2.28. The van der Waals surface area contributed by atoms with Gasteiger partial charge in [-0.2, -0.15) is 4.98 Å². The Balaban J connectivity index is 1.51. The second-order valence-corrected chi connectivity index (χ2v) is 7.45. The SMILES string of the molecule is COc1nc2ccc(N3CCOCC3)cc2n1C(=O)NCCCc1nccs1. The van der Waals surface area contributed by atoms with Crippen molar-refractivity contribution in [1.29, 1.82) is 0 Å². The number of fused-ring (bicyclic) bond motifs is 1. The zero-order valence-corrected chi connectivity index (χ0v) is 16.6. The summed E-state index contributed by atoms with van der Waals surface area (Å²) in [6.07, 6.45) is 3.47. The fourth-order valence-electron chi connectivity index (χ4n) is 3.28. The molecule has 1 aromatic carbocycles. The molecule has 0 spiro atoms. The summed E-state index contributed by atoms with van der Waals surface area (Å²) >= 11 is 1.63. The van der Waals surface area contributed by atoms with E-state index >= 15 is 0 Å². The molecule has 0 saturated carbocycles. The zero-order valence-electron chi connectivity index (χ0n) is 15.8. The van der Waals surface area contributed by atoms with Crippen molar-refractivity contribution in [3.63, 3.8) is 0 Å². The Hall–Kier alpha value is -2.65. The maximum absolute atomic E-state index is 12.8. The molecule has 2 aromatic heterocycles. The first-order valence-electron chi connectivity index (χ1n) is 9.32. The summed E-state index contributed by atoms with van der Waals surface area (Å²) in [5, 5.41) is 6.00. The van der Waals surface area contributed by atoms with Crippen LogP contribution in [0, 0.1) is 0 Å². The first kappa shape index (κ1) is 18.7. The van der Waals surface area contributed by atoms with Gasteiger partial charge >= 0.3 is 12.0 Å². The third kappa shape index (κ3) is 3.95. The minimum atomic E-state index is -0.238. The highest BCUT2D eigenvalue weighted by Gasteiger charge is 2.19. The number of morpholine rings is 1. The van der Waals surface area contributed by atoms with Crippen LogP contribution in [-0.4, -0.2) is 60.5 Å². The van der Waals surface area contributed by atoms with Gasteiger partial charge < -0.3 is 19.7 Å². The van der Waals surface area contributed by atoms with E-state index in [9.17, 15) is 4.79 Å². The molecule has 1 aliphatic heterocycles. The van der Waals surface area contributed by atoms with Gasteiger partial charge in [-0.1, -0.05) is 0 Å². The Morgan fingerprint density at radius 3 is 2.96 bits per heavy atom. The van der Waals surface area contributed by atoms with Crippen molar-refractivity contribution in [3.05, 3.63) is 34.8 Å². The maximum atomic E-state index is 12.8. The maximum Gasteiger partial charge on any atom is 0.330 e. The lowest BCUT2D eigenvalue weighted by molar-refractivity contribution is 0.122. The minimum Gasteiger partial charge on any atom is -0.468 e. The number of anilines is 1. The Kier molecular flexibility index (Phi) is 5.73. The van der Waals surface area contributed by atoms with E-state index in [0.717, 1.165) is 47.7 Å². The summed E-state index contributed by atoms with van der Waals surface area (Å²) in [5.41, 5.74) is 2.52. The molecular weight excluding hydrogens is 378 g/mol. The van der Waals surface area contributed by atoms with Gasteiger partial charge in [0, 0.05) is 43.3 Å². The van der Waals surface area contributed by atoms with Crippen LogP contribution < -0.4 is 15.0 Å². The number of imidazole rings is 1. The van der Waals surface area contributed by atoms with E-state index in [1.54, 1.807) is 17.5 Å². The average molecular weight is 401 g/mol. The van der Waals surface area contributed by atoms with Crippen LogP contribution in [0.25, 0.3) is 11.0 Å². The van der Waals surface area contributed by atoms with Crippen LogP contribution in [0.15, 0.2) is 29.8 Å². The number of nitrogens with one attached hydrogen (secondary N) is 1. The Morgan fingerprint density at radius 1 is 1.36 bits per heavy atom. The number of hydrogen-bond acceptors (Lipinski definition) is 7. The zero-order chi connectivity index (χ0) is 19.3. The molecule has 0 aliphatic carbocycles. The molecular formula is C19H23N5O3S. The summed E-state index contributed by atoms with van der Waals surface area (Å²) < 4.78 is 12.3. The quantitative estimate of drug-likeness (QED) is 0.639. The monoisotopic (exact) mass is 401 g/mol. The highest BCUT2D eigenvalue weighted by Crippen LogP contribution is 2.26. The molecule has 4 rings (SSSR count). The standard InChI is InChI=1S/C19H23N5O3S/c1-26-19-22-15-5-4-14(23-8-10-27-11-9-23)13-16(15)24(19)18(25)21-6-2-3-17-20-7-12-28-17/h4-5,7,12-13H,2-3,6,8-11H2,1H3,(H,21,25). The first-order chi connectivity index (χ1) is 13.8. The fraction of sp³-hybridized carbons (Fsp3) is 0.421. The lowest BCUT2D eigenvalue weighted by atomic mass is 10.2. The molecule has 148 valence electrons. The molecule has 28 heavy (non-hydrogen) atoms. The van der Waals surface area contributed by atoms with Gasteiger partial charge in [0.05, 0.1) is 36.4 Å². The molecule has 1 N–H and O–H groups in total. The van der Waals surface area contributed by atoms with Crippen LogP contribution in [0.5, 0.6) is 6.01 Å². The van der Waals surface area contributed by atoms with Crippen LogP contribution in [0.1, 0.15) is 11.4 Å². The number of rotatable bonds is 6. The molecule has 1 saturated heterocycles. The molecule has 8 nitrogen and oxygen atoms in total. The molecule has 3 heterocycles. The van der Waals surface area contributed by atoms with Gasteiger partial charge in [0.1, 0.15) is 0 Å². The molecule has 9 heteroatoms. The van der Waals surface area contributed by atoms with Crippen LogP contribution in [0.3, 0.4) is 0 Å². The third-order valence-corrected chi connectivity index (χ3v) is 5.54. The largest absolute Gasteiger partial charge is 0.468 e. The van der Waals surface area contributed by atoms with Gasteiger partial charge in [-0.05, 0) is 24.6 Å². The molecule has 1 aliphatic rings. The molecule has 0 atom stereocenters. The van der Waals surface area contributed by atoms with Crippen molar-refractivity contribution in [2.45, 2.75) is 12.8 Å². The van der Waals surface area contributed by atoms with E-state index in [1.165, 1.54) is 11.7 Å². The Morgan fingerprint density at radius 2 is 2.21 bits per heavy atom. The second kappa shape index (κ2) is 8.57. The summed E-state index contributed by atoms with van der Waals surface area (Å²) in [6.45, 7) is 3.64. The number of nitrogens with zero attached hydrogens (tertiary/aromatic N) is 4. The molecule has 0 bridgehead atoms. The lowest BCUT2D eigenvalue weighted by Crippen LogP contribution is -2.36. The average Bonchev–Trinajstić information content (AvgIpc) is 3.38. The summed E-state index contributed by atoms with van der Waals surface area (Å²) in [5.74, 6) is 0. The number of methoxy groups -OCH3 is 1. The number of hydrogen-bond donors (Lipinski definition) is 1. The number of ether oxygens (including phenoxy) is 2. The molecule has 0 unspecified atom stereocenters. The van der Waals surface area contributed by atoms with Gasteiger partial charge in [-0.3, -0.25) is 0 Å². The first-order valence-corrected chi connectivity index (χ1v) is 10.2. The number of aromatic nitrogens is 3. The van der Waals surface area contributed by atoms with Crippen molar-refractivity contribution in [3.8, 4) is 6.01 Å². The van der Waals surface area contributed by atoms with Crippen molar-refractivity contribution >= 4 is 34.1 Å². The van der Waals surface area contributed by atoms with Gasteiger partial charge in [0.2, 0.25) is 0 Å². The van der Waals surface area contributed by atoms with Crippen LogP contribution >= 0.6 is 11.3 Å². The van der Waals surface area contributed by atoms with Gasteiger partial charge in [0.25, 0.3) is 0 Å². The number of thiazole rings is 1. The van der Waals surface area contributed by atoms with E-state index in [1.807, 2.05) is 23.6 Å². The highest BCUT2D eigenvalue weighted by atomic mass is 32.1. The Labute approximate surface area is 167 Å². The van der Waals surface area contributed by atoms with Gasteiger partial charge in [0.15, 0.2) is 0 Å². The van der Waals surface area contributed by atoms with Crippen molar-refractivity contribution < 1.29 is 14.3 Å². The van der Waals surface area contributed by atoms with E-state index in [4.69, 9.17) is 9.47 Å². The van der Waals surface area contributed by atoms with Crippen molar-refractivity contribution in [2.75, 3.05) is 44.9 Å². The smallest absolute Gasteiger partial charge is 0.330 e. The van der Waals surface area contributed by atoms with E-state index in [2.05, 4.69) is 20.2 Å². The second-order valence-electron chi connectivity index (χ2n) is 6.47. The van der Waals surface area contributed by atoms with E-state index in [-0.39, 0.29) is 12.0 Å².